The number of aromatic nitrogens is 2. The van der Waals surface area contributed by atoms with Gasteiger partial charge in [0.15, 0.2) is 5.78 Å². The van der Waals surface area contributed by atoms with Crippen molar-refractivity contribution in [3.63, 3.8) is 0 Å². The van der Waals surface area contributed by atoms with Gasteiger partial charge in [-0.3, -0.25) is 14.6 Å². The monoisotopic (exact) mass is 364 g/mol. The van der Waals surface area contributed by atoms with Crippen LogP contribution in [0.4, 0.5) is 0 Å². The van der Waals surface area contributed by atoms with Gasteiger partial charge < -0.3 is 9.67 Å². The molecule has 0 saturated carbocycles. The Balaban J connectivity index is 1.66. The zero-order valence-corrected chi connectivity index (χ0v) is 14.6. The van der Waals surface area contributed by atoms with E-state index in [0.717, 1.165) is 27.8 Å². The molecule has 0 radical (unpaired) electrons. The maximum absolute atomic E-state index is 12.5. The van der Waals surface area contributed by atoms with Crippen molar-refractivity contribution in [3.8, 4) is 5.88 Å². The fourth-order valence-corrected chi connectivity index (χ4v) is 3.84. The number of hydrogen-bond donors (Lipinski definition) is 2. The fourth-order valence-electron chi connectivity index (χ4n) is 3.09. The Morgan fingerprint density at radius 2 is 1.88 bits per heavy atom. The van der Waals surface area contributed by atoms with Gasteiger partial charge in [-0.2, -0.15) is 0 Å². The van der Waals surface area contributed by atoms with Gasteiger partial charge in [0.1, 0.15) is 0 Å². The number of rotatable bonds is 5. The molecule has 0 spiro atoms. The SMILES string of the molecule is O=C(Cn1ccc2c(Cc3sc(=O)[nH]c3O)cccc21)c1ccccc1. The number of aromatic hydroxyl groups is 1. The molecule has 6 heteroatoms. The summed E-state index contributed by atoms with van der Waals surface area (Å²) in [5.74, 6) is -0.0225. The van der Waals surface area contributed by atoms with Crippen LogP contribution in [0.25, 0.3) is 10.9 Å². The van der Waals surface area contributed by atoms with E-state index in [4.69, 9.17) is 0 Å². The smallest absolute Gasteiger partial charge is 0.307 e. The van der Waals surface area contributed by atoms with Crippen molar-refractivity contribution >= 4 is 28.0 Å². The quantitative estimate of drug-likeness (QED) is 0.532. The Kier molecular flexibility index (Phi) is 4.18. The van der Waals surface area contributed by atoms with Crippen molar-refractivity contribution in [1.82, 2.24) is 9.55 Å². The number of nitrogens with zero attached hydrogens (tertiary/aromatic N) is 1. The molecule has 2 aromatic carbocycles. The van der Waals surface area contributed by atoms with Crippen LogP contribution in [0.15, 0.2) is 65.6 Å². The van der Waals surface area contributed by atoms with Crippen LogP contribution in [0.1, 0.15) is 20.8 Å². The largest absolute Gasteiger partial charge is 0.494 e. The zero-order chi connectivity index (χ0) is 18.1. The van der Waals surface area contributed by atoms with Crippen LogP contribution in [0.5, 0.6) is 5.88 Å². The summed E-state index contributed by atoms with van der Waals surface area (Å²) in [6, 6.07) is 17.1. The van der Waals surface area contributed by atoms with Gasteiger partial charge in [-0.05, 0) is 17.7 Å². The Morgan fingerprint density at radius 3 is 2.62 bits per heavy atom. The second kappa shape index (κ2) is 6.65. The first-order chi connectivity index (χ1) is 12.6. The molecule has 0 amide bonds. The first-order valence-corrected chi connectivity index (χ1v) is 8.99. The molecule has 4 aromatic rings. The van der Waals surface area contributed by atoms with Crippen molar-refractivity contribution in [2.45, 2.75) is 13.0 Å². The number of carbonyl (C=O) groups excluding carboxylic acids is 1. The molecular formula is C20H16N2O3S. The summed E-state index contributed by atoms with van der Waals surface area (Å²) in [6.45, 7) is 0.264. The summed E-state index contributed by atoms with van der Waals surface area (Å²) >= 11 is 1.01. The lowest BCUT2D eigenvalue weighted by Gasteiger charge is -2.07. The Labute approximate surface area is 153 Å². The third kappa shape index (κ3) is 3.07. The van der Waals surface area contributed by atoms with E-state index in [0.29, 0.717) is 16.9 Å². The first kappa shape index (κ1) is 16.4. The van der Waals surface area contributed by atoms with E-state index in [1.807, 2.05) is 65.4 Å². The van der Waals surface area contributed by atoms with Gasteiger partial charge in [-0.15, -0.1) is 0 Å². The van der Waals surface area contributed by atoms with Gasteiger partial charge in [0, 0.05) is 29.1 Å². The molecule has 0 atom stereocenters. The van der Waals surface area contributed by atoms with Gasteiger partial charge >= 0.3 is 4.87 Å². The predicted molar refractivity (Wildman–Crippen MR) is 102 cm³/mol. The molecule has 0 bridgehead atoms. The summed E-state index contributed by atoms with van der Waals surface area (Å²) in [7, 11) is 0. The molecule has 2 heterocycles. The third-order valence-corrected chi connectivity index (χ3v) is 5.24. The molecule has 0 aliphatic heterocycles. The van der Waals surface area contributed by atoms with Crippen LogP contribution in [0.3, 0.4) is 0 Å². The number of aromatic amines is 1. The van der Waals surface area contributed by atoms with Crippen LogP contribution < -0.4 is 4.87 Å². The number of Topliss-reactive ketones (excluding diaryl/α,β-unsaturated/α-hetero) is 1. The van der Waals surface area contributed by atoms with Gasteiger partial charge in [-0.1, -0.05) is 53.8 Å². The standard InChI is InChI=1S/C20H16N2O3S/c23-17(13-5-2-1-3-6-13)12-22-10-9-15-14(7-4-8-16(15)22)11-18-19(24)21-20(25)26-18/h1-10,24H,11-12H2,(H,21,25). The van der Waals surface area contributed by atoms with Crippen LogP contribution in [-0.2, 0) is 13.0 Å². The molecule has 130 valence electrons. The van der Waals surface area contributed by atoms with Gasteiger partial charge in [0.05, 0.1) is 11.4 Å². The van der Waals surface area contributed by atoms with E-state index < -0.39 is 0 Å². The van der Waals surface area contributed by atoms with Crippen LogP contribution in [0, 0.1) is 0 Å². The van der Waals surface area contributed by atoms with Crippen molar-refractivity contribution < 1.29 is 9.90 Å². The molecule has 0 aliphatic carbocycles. The van der Waals surface area contributed by atoms with Crippen LogP contribution in [0.2, 0.25) is 0 Å². The lowest BCUT2D eigenvalue weighted by Crippen LogP contribution is -2.09. The topological polar surface area (TPSA) is 75.1 Å². The molecule has 5 nitrogen and oxygen atoms in total. The third-order valence-electron chi connectivity index (χ3n) is 4.37. The zero-order valence-electron chi connectivity index (χ0n) is 13.8. The summed E-state index contributed by atoms with van der Waals surface area (Å²) in [4.78, 5) is 26.6. The van der Waals surface area contributed by atoms with Crippen molar-refractivity contribution in [1.29, 1.82) is 0 Å². The van der Waals surface area contributed by atoms with Crippen molar-refractivity contribution in [2.24, 2.45) is 0 Å². The van der Waals surface area contributed by atoms with Crippen molar-refractivity contribution in [2.75, 3.05) is 0 Å². The summed E-state index contributed by atoms with van der Waals surface area (Å²) in [6.07, 6.45) is 2.36. The number of thiazole rings is 1. The molecule has 26 heavy (non-hydrogen) atoms. The van der Waals surface area contributed by atoms with Gasteiger partial charge in [-0.25, -0.2) is 0 Å². The van der Waals surface area contributed by atoms with E-state index in [1.54, 1.807) is 0 Å². The number of ketones is 1. The maximum atomic E-state index is 12.5. The first-order valence-electron chi connectivity index (χ1n) is 8.18. The lowest BCUT2D eigenvalue weighted by molar-refractivity contribution is 0.0973. The average molecular weight is 364 g/mol. The Morgan fingerprint density at radius 1 is 1.08 bits per heavy atom. The van der Waals surface area contributed by atoms with Crippen LogP contribution in [-0.4, -0.2) is 20.4 Å². The van der Waals surface area contributed by atoms with E-state index in [1.165, 1.54) is 0 Å². The lowest BCUT2D eigenvalue weighted by atomic mass is 10.1. The highest BCUT2D eigenvalue weighted by atomic mass is 32.1. The summed E-state index contributed by atoms with van der Waals surface area (Å²) < 4.78 is 1.92. The Hall–Kier alpha value is -3.12. The van der Waals surface area contributed by atoms with E-state index >= 15 is 0 Å². The number of benzene rings is 2. The number of fused-ring (bicyclic) bond motifs is 1. The molecule has 4 rings (SSSR count). The minimum absolute atomic E-state index is 0.0509. The molecule has 2 N–H and O–H groups in total. The van der Waals surface area contributed by atoms with Crippen molar-refractivity contribution in [3.05, 3.63) is 86.5 Å². The maximum Gasteiger partial charge on any atom is 0.307 e. The highest BCUT2D eigenvalue weighted by Crippen LogP contribution is 2.26. The summed E-state index contributed by atoms with van der Waals surface area (Å²) in [5.41, 5.74) is 2.64. The number of hydrogen-bond acceptors (Lipinski definition) is 4. The second-order valence-corrected chi connectivity index (χ2v) is 7.11. The predicted octanol–water partition coefficient (Wildman–Crippen LogP) is 3.57. The minimum atomic E-state index is -0.268. The normalized spacial score (nSPS) is 11.1. The fraction of sp³-hybridized carbons (Fsp3) is 0.100. The second-order valence-electron chi connectivity index (χ2n) is 6.05. The number of nitrogens with one attached hydrogen (secondary N) is 1. The van der Waals surface area contributed by atoms with E-state index in [2.05, 4.69) is 4.98 Å². The number of carbonyl (C=O) groups is 1. The van der Waals surface area contributed by atoms with Crippen LogP contribution >= 0.6 is 11.3 Å². The molecule has 0 unspecified atom stereocenters. The molecule has 0 aliphatic rings. The highest BCUT2D eigenvalue weighted by Gasteiger charge is 2.13. The number of H-pyrrole nitrogens is 1. The molecule has 2 aromatic heterocycles. The molecule has 0 fully saturated rings. The average Bonchev–Trinajstić information content (AvgIpc) is 3.19. The van der Waals surface area contributed by atoms with E-state index in [9.17, 15) is 14.7 Å². The van der Waals surface area contributed by atoms with E-state index in [-0.39, 0.29) is 23.1 Å². The summed E-state index contributed by atoms with van der Waals surface area (Å²) in [5, 5.41) is 10.8. The minimum Gasteiger partial charge on any atom is -0.494 e. The Bertz CT molecular complexity index is 1140. The highest BCUT2D eigenvalue weighted by molar-refractivity contribution is 7.09. The van der Waals surface area contributed by atoms with Gasteiger partial charge in [0.2, 0.25) is 5.88 Å². The molecule has 0 saturated heterocycles. The van der Waals surface area contributed by atoms with Gasteiger partial charge in [0.25, 0.3) is 0 Å². The molecular weight excluding hydrogens is 348 g/mol.